The second-order valence-electron chi connectivity index (χ2n) is 4.67. The molecule has 1 N–H and O–H groups in total. The zero-order valence-corrected chi connectivity index (χ0v) is 10.1. The highest BCUT2D eigenvalue weighted by atomic mass is 16.5. The molecular formula is C14H18O3. The van der Waals surface area contributed by atoms with Gasteiger partial charge in [-0.05, 0) is 42.4 Å². The molecule has 1 heterocycles. The maximum Gasteiger partial charge on any atom is 0.335 e. The maximum absolute atomic E-state index is 10.9. The Kier molecular flexibility index (Phi) is 3.79. The predicted molar refractivity (Wildman–Crippen MR) is 65.4 cm³/mol. The summed E-state index contributed by atoms with van der Waals surface area (Å²) in [6, 6.07) is 7.28. The van der Waals surface area contributed by atoms with Crippen molar-refractivity contribution in [3.63, 3.8) is 0 Å². The van der Waals surface area contributed by atoms with Crippen LogP contribution in [0.25, 0.3) is 0 Å². The van der Waals surface area contributed by atoms with Crippen LogP contribution in [0.15, 0.2) is 24.3 Å². The normalized spacial score (nSPS) is 18.9. The molecule has 1 fully saturated rings. The lowest BCUT2D eigenvalue weighted by Gasteiger charge is -2.28. The molecule has 92 valence electrons. The van der Waals surface area contributed by atoms with E-state index >= 15 is 0 Å². The molecular weight excluding hydrogens is 216 g/mol. The molecule has 3 heteroatoms. The lowest BCUT2D eigenvalue weighted by molar-refractivity contribution is 0.0595. The van der Waals surface area contributed by atoms with Crippen molar-refractivity contribution in [2.24, 2.45) is 5.92 Å². The van der Waals surface area contributed by atoms with Gasteiger partial charge in [0.15, 0.2) is 0 Å². The second-order valence-corrected chi connectivity index (χ2v) is 4.67. The summed E-state index contributed by atoms with van der Waals surface area (Å²) in [7, 11) is 0. The highest BCUT2D eigenvalue weighted by Crippen LogP contribution is 2.31. The molecule has 1 atom stereocenters. The third kappa shape index (κ3) is 2.86. The average molecular weight is 234 g/mol. The number of rotatable bonds is 3. The Morgan fingerprint density at radius 3 is 2.76 bits per heavy atom. The van der Waals surface area contributed by atoms with Crippen molar-refractivity contribution in [1.82, 2.24) is 0 Å². The molecule has 0 aromatic heterocycles. The predicted octanol–water partition coefficient (Wildman–Crippen LogP) is 2.91. The summed E-state index contributed by atoms with van der Waals surface area (Å²) in [4.78, 5) is 10.9. The molecule has 0 aliphatic carbocycles. The van der Waals surface area contributed by atoms with Crippen molar-refractivity contribution < 1.29 is 14.6 Å². The molecule has 1 aromatic rings. The van der Waals surface area contributed by atoms with Crippen LogP contribution in [0, 0.1) is 5.92 Å². The first-order chi connectivity index (χ1) is 8.18. The van der Waals surface area contributed by atoms with Crippen LogP contribution in [0.1, 0.15) is 41.6 Å². The first-order valence-electron chi connectivity index (χ1n) is 6.09. The van der Waals surface area contributed by atoms with Gasteiger partial charge >= 0.3 is 5.97 Å². The third-order valence-electron chi connectivity index (χ3n) is 3.63. The number of hydrogen-bond donors (Lipinski definition) is 1. The van der Waals surface area contributed by atoms with E-state index in [0.717, 1.165) is 31.6 Å². The number of aromatic carboxylic acids is 1. The lowest BCUT2D eigenvalue weighted by Crippen LogP contribution is -2.20. The summed E-state index contributed by atoms with van der Waals surface area (Å²) >= 11 is 0. The van der Waals surface area contributed by atoms with Crippen molar-refractivity contribution >= 4 is 5.97 Å². The fourth-order valence-electron chi connectivity index (χ4n) is 2.44. The van der Waals surface area contributed by atoms with E-state index in [1.807, 2.05) is 12.1 Å². The SMILES string of the molecule is CC(c1cccc(C(=O)O)c1)C1CCOCC1. The molecule has 1 saturated heterocycles. The lowest BCUT2D eigenvalue weighted by atomic mass is 9.82. The highest BCUT2D eigenvalue weighted by Gasteiger charge is 2.22. The number of carboxylic acids is 1. The molecule has 3 nitrogen and oxygen atoms in total. The summed E-state index contributed by atoms with van der Waals surface area (Å²) in [6.45, 7) is 3.83. The molecule has 17 heavy (non-hydrogen) atoms. The largest absolute Gasteiger partial charge is 0.478 e. The van der Waals surface area contributed by atoms with Gasteiger partial charge in [-0.25, -0.2) is 4.79 Å². The first kappa shape index (κ1) is 12.1. The minimum Gasteiger partial charge on any atom is -0.478 e. The van der Waals surface area contributed by atoms with Gasteiger partial charge < -0.3 is 9.84 Å². The molecule has 1 aliphatic heterocycles. The molecule has 1 aromatic carbocycles. The fourth-order valence-corrected chi connectivity index (χ4v) is 2.44. The van der Waals surface area contributed by atoms with Crippen LogP contribution < -0.4 is 0 Å². The van der Waals surface area contributed by atoms with E-state index < -0.39 is 5.97 Å². The van der Waals surface area contributed by atoms with Crippen molar-refractivity contribution in [2.75, 3.05) is 13.2 Å². The van der Waals surface area contributed by atoms with Gasteiger partial charge in [0.1, 0.15) is 0 Å². The Morgan fingerprint density at radius 1 is 1.41 bits per heavy atom. The summed E-state index contributed by atoms with van der Waals surface area (Å²) < 4.78 is 5.35. The van der Waals surface area contributed by atoms with E-state index in [1.54, 1.807) is 12.1 Å². The molecule has 1 unspecified atom stereocenters. The monoisotopic (exact) mass is 234 g/mol. The van der Waals surface area contributed by atoms with Gasteiger partial charge in [0.05, 0.1) is 5.56 Å². The molecule has 0 amide bonds. The number of ether oxygens (including phenoxy) is 1. The average Bonchev–Trinajstić information content (AvgIpc) is 2.39. The van der Waals surface area contributed by atoms with Gasteiger partial charge in [0.25, 0.3) is 0 Å². The quantitative estimate of drug-likeness (QED) is 0.874. The number of benzene rings is 1. The van der Waals surface area contributed by atoms with E-state index in [1.165, 1.54) is 0 Å². The van der Waals surface area contributed by atoms with E-state index in [2.05, 4.69) is 6.92 Å². The van der Waals surface area contributed by atoms with E-state index in [-0.39, 0.29) is 0 Å². The Bertz CT molecular complexity index is 394. The zero-order valence-electron chi connectivity index (χ0n) is 10.1. The fraction of sp³-hybridized carbons (Fsp3) is 0.500. The highest BCUT2D eigenvalue weighted by molar-refractivity contribution is 5.87. The second kappa shape index (κ2) is 5.32. The Morgan fingerprint density at radius 2 is 2.12 bits per heavy atom. The van der Waals surface area contributed by atoms with Crippen LogP contribution >= 0.6 is 0 Å². The summed E-state index contributed by atoms with van der Waals surface area (Å²) in [5.74, 6) is 0.150. The molecule has 0 radical (unpaired) electrons. The number of carboxylic acid groups (broad SMARTS) is 1. The van der Waals surface area contributed by atoms with Gasteiger partial charge in [0, 0.05) is 13.2 Å². The molecule has 2 rings (SSSR count). The molecule has 0 saturated carbocycles. The van der Waals surface area contributed by atoms with Crippen LogP contribution in [-0.2, 0) is 4.74 Å². The Hall–Kier alpha value is -1.35. The van der Waals surface area contributed by atoms with Gasteiger partial charge in [-0.15, -0.1) is 0 Å². The zero-order chi connectivity index (χ0) is 12.3. The minimum atomic E-state index is -0.856. The summed E-state index contributed by atoms with van der Waals surface area (Å²) in [5, 5.41) is 8.98. The van der Waals surface area contributed by atoms with Crippen molar-refractivity contribution in [1.29, 1.82) is 0 Å². The molecule has 1 aliphatic rings. The van der Waals surface area contributed by atoms with E-state index in [4.69, 9.17) is 9.84 Å². The summed E-state index contributed by atoms with van der Waals surface area (Å²) in [6.07, 6.45) is 2.14. The van der Waals surface area contributed by atoms with Crippen molar-refractivity contribution in [3.05, 3.63) is 35.4 Å². The summed E-state index contributed by atoms with van der Waals surface area (Å²) in [5.41, 5.74) is 1.50. The standard InChI is InChI=1S/C14H18O3/c1-10(11-5-7-17-8-6-11)12-3-2-4-13(9-12)14(15)16/h2-4,9-11H,5-8H2,1H3,(H,15,16). The maximum atomic E-state index is 10.9. The van der Waals surface area contributed by atoms with Crippen LogP contribution in [0.4, 0.5) is 0 Å². The van der Waals surface area contributed by atoms with Crippen LogP contribution in [0.3, 0.4) is 0 Å². The van der Waals surface area contributed by atoms with E-state index in [9.17, 15) is 4.79 Å². The van der Waals surface area contributed by atoms with Crippen LogP contribution in [-0.4, -0.2) is 24.3 Å². The number of hydrogen-bond acceptors (Lipinski definition) is 2. The van der Waals surface area contributed by atoms with Gasteiger partial charge in [-0.2, -0.15) is 0 Å². The van der Waals surface area contributed by atoms with Crippen molar-refractivity contribution in [2.45, 2.75) is 25.7 Å². The third-order valence-corrected chi connectivity index (χ3v) is 3.63. The molecule has 0 bridgehead atoms. The topological polar surface area (TPSA) is 46.5 Å². The van der Waals surface area contributed by atoms with Crippen LogP contribution in [0.2, 0.25) is 0 Å². The van der Waals surface area contributed by atoms with Crippen LogP contribution in [0.5, 0.6) is 0 Å². The van der Waals surface area contributed by atoms with Gasteiger partial charge in [-0.3, -0.25) is 0 Å². The smallest absolute Gasteiger partial charge is 0.335 e. The Balaban J connectivity index is 2.14. The minimum absolute atomic E-state index is 0.376. The first-order valence-corrected chi connectivity index (χ1v) is 6.09. The molecule has 0 spiro atoms. The Labute approximate surface area is 101 Å². The van der Waals surface area contributed by atoms with E-state index in [0.29, 0.717) is 17.4 Å². The van der Waals surface area contributed by atoms with Gasteiger partial charge in [-0.1, -0.05) is 19.1 Å². The van der Waals surface area contributed by atoms with Crippen molar-refractivity contribution in [3.8, 4) is 0 Å². The van der Waals surface area contributed by atoms with Gasteiger partial charge in [0.2, 0.25) is 0 Å². The number of carbonyl (C=O) groups is 1.